The number of rotatable bonds is 3. The molecule has 3 fully saturated rings. The molecule has 3 saturated heterocycles. The van der Waals surface area contributed by atoms with E-state index in [4.69, 9.17) is 0 Å². The van der Waals surface area contributed by atoms with E-state index in [1.807, 2.05) is 23.1 Å². The second kappa shape index (κ2) is 6.60. The van der Waals surface area contributed by atoms with Crippen LogP contribution in [0, 0.1) is 5.92 Å². The van der Waals surface area contributed by atoms with Crippen LogP contribution in [0.1, 0.15) is 18.4 Å². The van der Waals surface area contributed by atoms with E-state index in [1.54, 1.807) is 4.31 Å². The molecule has 3 aliphatic rings. The summed E-state index contributed by atoms with van der Waals surface area (Å²) < 4.78 is 26.0. The number of hydrogen-bond donors (Lipinski definition) is 2. The summed E-state index contributed by atoms with van der Waals surface area (Å²) in [6, 6.07) is 10.0. The van der Waals surface area contributed by atoms with Gasteiger partial charge in [0, 0.05) is 44.1 Å². The third-order valence-electron chi connectivity index (χ3n) is 6.19. The fraction of sp³-hybridized carbons (Fsp3) is 0.611. The van der Waals surface area contributed by atoms with Crippen LogP contribution < -0.4 is 10.9 Å². The summed E-state index contributed by atoms with van der Waals surface area (Å²) in [4.78, 5) is 14.7. The molecule has 7 nitrogen and oxygen atoms in total. The van der Waals surface area contributed by atoms with Gasteiger partial charge in [-0.25, -0.2) is 18.1 Å². The number of benzene rings is 1. The van der Waals surface area contributed by atoms with Crippen LogP contribution in [0.5, 0.6) is 0 Å². The lowest BCUT2D eigenvalue weighted by Crippen LogP contribution is -2.55. The van der Waals surface area contributed by atoms with Gasteiger partial charge >= 0.3 is 0 Å². The van der Waals surface area contributed by atoms with Gasteiger partial charge in [0.15, 0.2) is 0 Å². The summed E-state index contributed by atoms with van der Waals surface area (Å²) in [6.07, 6.45) is 2.86. The van der Waals surface area contributed by atoms with Gasteiger partial charge in [-0.15, -0.1) is 0 Å². The molecule has 4 rings (SSSR count). The van der Waals surface area contributed by atoms with Crippen LogP contribution in [-0.2, 0) is 20.2 Å². The average molecular weight is 378 g/mol. The molecular weight excluding hydrogens is 352 g/mol. The monoisotopic (exact) mass is 378 g/mol. The van der Waals surface area contributed by atoms with Crippen molar-refractivity contribution in [3.63, 3.8) is 0 Å². The number of carbonyl (C=O) groups excluding carboxylic acids is 1. The van der Waals surface area contributed by atoms with Crippen LogP contribution >= 0.6 is 0 Å². The third-order valence-corrected chi connectivity index (χ3v) is 7.41. The van der Waals surface area contributed by atoms with Crippen LogP contribution in [0.3, 0.4) is 0 Å². The Morgan fingerprint density at radius 2 is 2.00 bits per heavy atom. The first-order valence-electron chi connectivity index (χ1n) is 9.18. The first-order chi connectivity index (χ1) is 12.4. The van der Waals surface area contributed by atoms with Crippen molar-refractivity contribution < 1.29 is 13.2 Å². The van der Waals surface area contributed by atoms with Gasteiger partial charge in [0.25, 0.3) is 0 Å². The molecule has 0 radical (unpaired) electrons. The lowest BCUT2D eigenvalue weighted by atomic mass is 9.68. The molecule has 0 bridgehead atoms. The minimum absolute atomic E-state index is 0.117. The van der Waals surface area contributed by atoms with Gasteiger partial charge in [-0.2, -0.15) is 0 Å². The highest BCUT2D eigenvalue weighted by atomic mass is 32.2. The molecule has 0 saturated carbocycles. The average Bonchev–Trinajstić information content (AvgIpc) is 3.29. The Bertz CT molecular complexity index is 779. The lowest BCUT2D eigenvalue weighted by molar-refractivity contribution is -0.135. The fourth-order valence-corrected chi connectivity index (χ4v) is 5.64. The van der Waals surface area contributed by atoms with Gasteiger partial charge < -0.3 is 4.90 Å². The Balaban J connectivity index is 1.61. The number of piperidine rings is 1. The molecule has 0 aliphatic carbocycles. The molecule has 3 heterocycles. The Hall–Kier alpha value is -1.48. The molecule has 1 aromatic rings. The van der Waals surface area contributed by atoms with E-state index in [1.165, 1.54) is 11.8 Å². The minimum atomic E-state index is -3.25. The van der Waals surface area contributed by atoms with Crippen molar-refractivity contribution in [3.05, 3.63) is 35.9 Å². The molecule has 3 unspecified atom stereocenters. The van der Waals surface area contributed by atoms with Crippen molar-refractivity contribution >= 4 is 15.9 Å². The van der Waals surface area contributed by atoms with Crippen LogP contribution in [0.25, 0.3) is 0 Å². The molecule has 1 aromatic carbocycles. The first-order valence-corrected chi connectivity index (χ1v) is 11.0. The van der Waals surface area contributed by atoms with Crippen LogP contribution in [0.2, 0.25) is 0 Å². The maximum absolute atomic E-state index is 12.8. The Morgan fingerprint density at radius 3 is 2.65 bits per heavy atom. The zero-order valence-corrected chi connectivity index (χ0v) is 15.8. The van der Waals surface area contributed by atoms with Crippen LogP contribution in [-0.4, -0.2) is 68.6 Å². The summed E-state index contributed by atoms with van der Waals surface area (Å²) in [6.45, 7) is 3.06. The predicted molar refractivity (Wildman–Crippen MR) is 98.8 cm³/mol. The van der Waals surface area contributed by atoms with Crippen LogP contribution in [0.4, 0.5) is 0 Å². The largest absolute Gasteiger partial charge is 0.341 e. The standard InChI is InChI=1S/C18H26N4O3S/c1-26(24,25)22-12-15-11-21(17(23)16-7-9-19-20-16)10-8-18(15,13-22)14-5-3-2-4-6-14/h2-6,15-16,19-20H,7-13H2,1H3. The Kier molecular flexibility index (Phi) is 4.54. The molecule has 0 spiro atoms. The Labute approximate surface area is 154 Å². The van der Waals surface area contributed by atoms with Crippen molar-refractivity contribution in [3.8, 4) is 0 Å². The highest BCUT2D eigenvalue weighted by Crippen LogP contribution is 2.46. The summed E-state index contributed by atoms with van der Waals surface area (Å²) in [5, 5.41) is 0. The zero-order valence-electron chi connectivity index (χ0n) is 15.0. The molecule has 3 aliphatic heterocycles. The first kappa shape index (κ1) is 17.9. The highest BCUT2D eigenvalue weighted by Gasteiger charge is 2.53. The molecule has 3 atom stereocenters. The lowest BCUT2D eigenvalue weighted by Gasteiger charge is -2.44. The minimum Gasteiger partial charge on any atom is -0.341 e. The van der Waals surface area contributed by atoms with Crippen molar-refractivity contribution in [1.29, 1.82) is 0 Å². The van der Waals surface area contributed by atoms with Gasteiger partial charge in [0.1, 0.15) is 6.04 Å². The number of amides is 1. The van der Waals surface area contributed by atoms with Gasteiger partial charge in [0.05, 0.1) is 6.26 Å². The van der Waals surface area contributed by atoms with Crippen molar-refractivity contribution in [1.82, 2.24) is 20.1 Å². The number of carbonyl (C=O) groups is 1. The fourth-order valence-electron chi connectivity index (χ4n) is 4.72. The molecule has 2 N–H and O–H groups in total. The van der Waals surface area contributed by atoms with E-state index in [2.05, 4.69) is 23.0 Å². The number of hydrazine groups is 1. The van der Waals surface area contributed by atoms with E-state index < -0.39 is 10.0 Å². The molecular formula is C18H26N4O3S. The highest BCUT2D eigenvalue weighted by molar-refractivity contribution is 7.88. The smallest absolute Gasteiger partial charge is 0.241 e. The second-order valence-electron chi connectivity index (χ2n) is 7.72. The normalized spacial score (nSPS) is 32.6. The number of likely N-dealkylation sites (tertiary alicyclic amines) is 1. The van der Waals surface area contributed by atoms with Crippen LogP contribution in [0.15, 0.2) is 30.3 Å². The van der Waals surface area contributed by atoms with Gasteiger partial charge in [-0.1, -0.05) is 30.3 Å². The summed E-state index contributed by atoms with van der Waals surface area (Å²) >= 11 is 0. The number of fused-ring (bicyclic) bond motifs is 1. The van der Waals surface area contributed by atoms with E-state index in [-0.39, 0.29) is 23.3 Å². The van der Waals surface area contributed by atoms with Gasteiger partial charge in [-0.05, 0) is 18.4 Å². The van der Waals surface area contributed by atoms with E-state index in [0.717, 1.165) is 19.4 Å². The van der Waals surface area contributed by atoms with E-state index >= 15 is 0 Å². The Morgan fingerprint density at radius 1 is 1.23 bits per heavy atom. The predicted octanol–water partition coefficient (Wildman–Crippen LogP) is -0.0854. The number of nitrogens with zero attached hydrogens (tertiary/aromatic N) is 2. The maximum Gasteiger partial charge on any atom is 0.241 e. The van der Waals surface area contributed by atoms with Gasteiger partial charge in [-0.3, -0.25) is 10.2 Å². The second-order valence-corrected chi connectivity index (χ2v) is 9.70. The number of sulfonamides is 1. The quantitative estimate of drug-likeness (QED) is 0.769. The molecule has 8 heteroatoms. The molecule has 1 amide bonds. The zero-order chi connectivity index (χ0) is 18.4. The van der Waals surface area contributed by atoms with Crippen molar-refractivity contribution in [2.45, 2.75) is 24.3 Å². The SMILES string of the molecule is CS(=O)(=O)N1CC2CN(C(=O)C3CCNN3)CCC2(c2ccccc2)C1. The number of hydrogen-bond acceptors (Lipinski definition) is 5. The number of nitrogens with one attached hydrogen (secondary N) is 2. The maximum atomic E-state index is 12.8. The summed E-state index contributed by atoms with van der Waals surface area (Å²) in [5.41, 5.74) is 7.03. The molecule has 0 aromatic heterocycles. The van der Waals surface area contributed by atoms with E-state index in [9.17, 15) is 13.2 Å². The summed E-state index contributed by atoms with van der Waals surface area (Å²) in [5.74, 6) is 0.237. The van der Waals surface area contributed by atoms with Crippen molar-refractivity contribution in [2.75, 3.05) is 39.0 Å². The molecule has 26 heavy (non-hydrogen) atoms. The van der Waals surface area contributed by atoms with Crippen molar-refractivity contribution in [2.24, 2.45) is 5.92 Å². The summed E-state index contributed by atoms with van der Waals surface area (Å²) in [7, 11) is -3.25. The topological polar surface area (TPSA) is 81.8 Å². The third kappa shape index (κ3) is 3.05. The van der Waals surface area contributed by atoms with E-state index in [0.29, 0.717) is 26.2 Å². The van der Waals surface area contributed by atoms with Gasteiger partial charge in [0.2, 0.25) is 15.9 Å². The molecule has 142 valence electrons.